The summed E-state index contributed by atoms with van der Waals surface area (Å²) >= 11 is 0. The van der Waals surface area contributed by atoms with Gasteiger partial charge in [0.1, 0.15) is 5.82 Å². The summed E-state index contributed by atoms with van der Waals surface area (Å²) in [5, 5.41) is 3.22. The molecule has 1 fully saturated rings. The standard InChI is InChI=1S/C15H17N3O2S/c19-21(20)10-4-9-18(21)14-6-3-5-13(11-14)12-17-15-7-1-2-8-16-15/h1-3,5-8,11H,4,9-10,12H2,(H,16,17). The van der Waals surface area contributed by atoms with Gasteiger partial charge in [-0.15, -0.1) is 0 Å². The van der Waals surface area contributed by atoms with Gasteiger partial charge in [-0.25, -0.2) is 13.4 Å². The van der Waals surface area contributed by atoms with Crippen LogP contribution in [-0.4, -0.2) is 25.7 Å². The van der Waals surface area contributed by atoms with Gasteiger partial charge in [0.25, 0.3) is 0 Å². The van der Waals surface area contributed by atoms with Crippen LogP contribution in [0.25, 0.3) is 0 Å². The number of nitrogens with one attached hydrogen (secondary N) is 1. The molecule has 1 aromatic carbocycles. The Morgan fingerprint density at radius 2 is 2.10 bits per heavy atom. The highest BCUT2D eigenvalue weighted by Crippen LogP contribution is 2.24. The molecule has 1 aliphatic rings. The second-order valence-corrected chi connectivity index (χ2v) is 6.99. The fourth-order valence-electron chi connectivity index (χ4n) is 2.41. The van der Waals surface area contributed by atoms with Crippen LogP contribution in [-0.2, 0) is 16.6 Å². The highest BCUT2D eigenvalue weighted by Gasteiger charge is 2.28. The van der Waals surface area contributed by atoms with Gasteiger partial charge in [-0.1, -0.05) is 18.2 Å². The van der Waals surface area contributed by atoms with Crippen molar-refractivity contribution in [2.45, 2.75) is 13.0 Å². The van der Waals surface area contributed by atoms with E-state index in [1.165, 1.54) is 4.31 Å². The van der Waals surface area contributed by atoms with Gasteiger partial charge >= 0.3 is 0 Å². The van der Waals surface area contributed by atoms with E-state index in [-0.39, 0.29) is 5.75 Å². The smallest absolute Gasteiger partial charge is 0.235 e. The van der Waals surface area contributed by atoms with E-state index < -0.39 is 10.0 Å². The Labute approximate surface area is 124 Å². The lowest BCUT2D eigenvalue weighted by molar-refractivity contribution is 0.599. The predicted octanol–water partition coefficient (Wildman–Crippen LogP) is 2.23. The highest BCUT2D eigenvalue weighted by atomic mass is 32.2. The fraction of sp³-hybridized carbons (Fsp3) is 0.267. The van der Waals surface area contributed by atoms with E-state index >= 15 is 0 Å². The Kier molecular flexibility index (Phi) is 3.79. The number of hydrogen-bond donors (Lipinski definition) is 1. The zero-order valence-electron chi connectivity index (χ0n) is 11.6. The lowest BCUT2D eigenvalue weighted by atomic mass is 10.2. The first-order valence-electron chi connectivity index (χ1n) is 6.89. The first-order valence-corrected chi connectivity index (χ1v) is 8.50. The van der Waals surface area contributed by atoms with Crippen LogP contribution >= 0.6 is 0 Å². The van der Waals surface area contributed by atoms with Gasteiger partial charge in [-0.05, 0) is 36.2 Å². The lowest BCUT2D eigenvalue weighted by Gasteiger charge is -2.17. The van der Waals surface area contributed by atoms with E-state index in [2.05, 4.69) is 10.3 Å². The van der Waals surface area contributed by atoms with Crippen LogP contribution in [0.2, 0.25) is 0 Å². The zero-order chi connectivity index (χ0) is 14.7. The number of anilines is 2. The van der Waals surface area contributed by atoms with Crippen molar-refractivity contribution in [2.75, 3.05) is 21.9 Å². The minimum atomic E-state index is -3.12. The number of sulfonamides is 1. The fourth-order valence-corrected chi connectivity index (χ4v) is 3.97. The van der Waals surface area contributed by atoms with Crippen LogP contribution in [0.15, 0.2) is 48.7 Å². The van der Waals surface area contributed by atoms with E-state index in [0.717, 1.165) is 17.1 Å². The maximum absolute atomic E-state index is 12.0. The molecule has 5 nitrogen and oxygen atoms in total. The van der Waals surface area contributed by atoms with Crippen LogP contribution in [0, 0.1) is 0 Å². The maximum atomic E-state index is 12.0. The molecule has 0 aliphatic carbocycles. The molecule has 0 amide bonds. The highest BCUT2D eigenvalue weighted by molar-refractivity contribution is 7.93. The molecule has 0 radical (unpaired) electrons. The molecule has 0 unspecified atom stereocenters. The van der Waals surface area contributed by atoms with Crippen LogP contribution < -0.4 is 9.62 Å². The molecule has 1 aliphatic heterocycles. The molecular weight excluding hydrogens is 286 g/mol. The molecule has 0 bridgehead atoms. The molecule has 6 heteroatoms. The van der Waals surface area contributed by atoms with Crippen molar-refractivity contribution in [3.63, 3.8) is 0 Å². The normalized spacial score (nSPS) is 16.9. The molecule has 2 heterocycles. The summed E-state index contributed by atoms with van der Waals surface area (Å²) in [6, 6.07) is 13.3. The molecule has 0 spiro atoms. The molecule has 1 aromatic heterocycles. The van der Waals surface area contributed by atoms with Crippen LogP contribution in [0.1, 0.15) is 12.0 Å². The van der Waals surface area contributed by atoms with Crippen molar-refractivity contribution < 1.29 is 8.42 Å². The SMILES string of the molecule is O=S1(=O)CCCN1c1cccc(CNc2ccccn2)c1. The van der Waals surface area contributed by atoms with Crippen LogP contribution in [0.5, 0.6) is 0 Å². The van der Waals surface area contributed by atoms with Gasteiger partial charge < -0.3 is 5.32 Å². The first-order chi connectivity index (χ1) is 10.1. The third kappa shape index (κ3) is 3.16. The number of nitrogens with zero attached hydrogens (tertiary/aromatic N) is 2. The number of pyridine rings is 1. The summed E-state index contributed by atoms with van der Waals surface area (Å²) in [7, 11) is -3.12. The Balaban J connectivity index is 1.75. The molecule has 110 valence electrons. The van der Waals surface area contributed by atoms with Crippen molar-refractivity contribution in [1.82, 2.24) is 4.98 Å². The van der Waals surface area contributed by atoms with Gasteiger partial charge in [0.2, 0.25) is 10.0 Å². The Bertz CT molecular complexity index is 717. The van der Waals surface area contributed by atoms with E-state index in [1.807, 2.05) is 42.5 Å². The third-order valence-electron chi connectivity index (χ3n) is 3.44. The summed E-state index contributed by atoms with van der Waals surface area (Å²) in [6.45, 7) is 1.18. The van der Waals surface area contributed by atoms with Gasteiger partial charge in [-0.2, -0.15) is 0 Å². The van der Waals surface area contributed by atoms with Crippen LogP contribution in [0.3, 0.4) is 0 Å². The average molecular weight is 303 g/mol. The van der Waals surface area contributed by atoms with E-state index in [0.29, 0.717) is 19.5 Å². The van der Waals surface area contributed by atoms with Crippen molar-refractivity contribution in [1.29, 1.82) is 0 Å². The predicted molar refractivity (Wildman–Crippen MR) is 83.8 cm³/mol. The van der Waals surface area contributed by atoms with Gasteiger partial charge in [-0.3, -0.25) is 4.31 Å². The minimum absolute atomic E-state index is 0.239. The van der Waals surface area contributed by atoms with Crippen molar-refractivity contribution in [3.05, 3.63) is 54.2 Å². The molecule has 1 saturated heterocycles. The molecule has 3 rings (SSSR count). The van der Waals surface area contributed by atoms with E-state index in [9.17, 15) is 8.42 Å². The molecule has 0 saturated carbocycles. The Morgan fingerprint density at radius 1 is 1.19 bits per heavy atom. The number of benzene rings is 1. The number of aromatic nitrogens is 1. The van der Waals surface area contributed by atoms with Gasteiger partial charge in [0.05, 0.1) is 11.4 Å². The van der Waals surface area contributed by atoms with Gasteiger partial charge in [0, 0.05) is 19.3 Å². The summed E-state index contributed by atoms with van der Waals surface area (Å²) < 4.78 is 25.4. The summed E-state index contributed by atoms with van der Waals surface area (Å²) in [5.41, 5.74) is 1.77. The summed E-state index contributed by atoms with van der Waals surface area (Å²) in [6.07, 6.45) is 2.42. The van der Waals surface area contributed by atoms with Gasteiger partial charge in [0.15, 0.2) is 0 Å². The Hall–Kier alpha value is -2.08. The second kappa shape index (κ2) is 5.73. The number of rotatable bonds is 4. The average Bonchev–Trinajstić information content (AvgIpc) is 2.86. The number of hydrogen-bond acceptors (Lipinski definition) is 4. The summed E-state index contributed by atoms with van der Waals surface area (Å²) in [4.78, 5) is 4.20. The second-order valence-electron chi connectivity index (χ2n) is 4.98. The quantitative estimate of drug-likeness (QED) is 0.941. The van der Waals surface area contributed by atoms with E-state index in [1.54, 1.807) is 6.20 Å². The molecule has 1 N–H and O–H groups in total. The largest absolute Gasteiger partial charge is 0.366 e. The van der Waals surface area contributed by atoms with Crippen molar-refractivity contribution in [3.8, 4) is 0 Å². The monoisotopic (exact) mass is 303 g/mol. The molecule has 2 aromatic rings. The molecular formula is C15H17N3O2S. The summed E-state index contributed by atoms with van der Waals surface area (Å²) in [5.74, 6) is 1.04. The third-order valence-corrected chi connectivity index (χ3v) is 5.31. The topological polar surface area (TPSA) is 62.3 Å². The zero-order valence-corrected chi connectivity index (χ0v) is 12.4. The van der Waals surface area contributed by atoms with Crippen LogP contribution in [0.4, 0.5) is 11.5 Å². The first kappa shape index (κ1) is 13.9. The molecule has 0 atom stereocenters. The van der Waals surface area contributed by atoms with Crippen molar-refractivity contribution >= 4 is 21.5 Å². The maximum Gasteiger partial charge on any atom is 0.235 e. The molecule has 21 heavy (non-hydrogen) atoms. The Morgan fingerprint density at radius 3 is 2.81 bits per heavy atom. The lowest BCUT2D eigenvalue weighted by Crippen LogP contribution is -2.25. The van der Waals surface area contributed by atoms with E-state index in [4.69, 9.17) is 0 Å². The van der Waals surface area contributed by atoms with Crippen molar-refractivity contribution in [2.24, 2.45) is 0 Å². The minimum Gasteiger partial charge on any atom is -0.366 e.